The van der Waals surface area contributed by atoms with E-state index < -0.39 is 0 Å². The fraction of sp³-hybridized carbons (Fsp3) is 0.526. The van der Waals surface area contributed by atoms with E-state index in [1.807, 2.05) is 63.8 Å². The molecule has 0 radical (unpaired) electrons. The maximum Gasteiger partial charge on any atom is 0.277 e. The van der Waals surface area contributed by atoms with Gasteiger partial charge < -0.3 is 9.64 Å². The summed E-state index contributed by atoms with van der Waals surface area (Å²) in [5.41, 5.74) is 3.95. The number of amides is 2. The zero-order valence-corrected chi connectivity index (χ0v) is 16.0. The molecule has 0 heterocycles. The molecule has 138 valence electrons. The zero-order valence-electron chi connectivity index (χ0n) is 16.0. The van der Waals surface area contributed by atoms with E-state index in [1.165, 1.54) is 0 Å². The quantitative estimate of drug-likeness (QED) is 0.580. The highest BCUT2D eigenvalue weighted by molar-refractivity contribution is 6.00. The number of carbonyl (C=O) groups is 2. The van der Waals surface area contributed by atoms with Gasteiger partial charge in [0, 0.05) is 17.8 Å². The molecule has 0 aliphatic heterocycles. The molecule has 1 aromatic carbocycles. The fourth-order valence-corrected chi connectivity index (χ4v) is 2.57. The minimum atomic E-state index is -0.361. The Morgan fingerprint density at radius 1 is 1.16 bits per heavy atom. The van der Waals surface area contributed by atoms with Crippen molar-refractivity contribution in [3.63, 3.8) is 0 Å². The molecule has 0 aliphatic carbocycles. The van der Waals surface area contributed by atoms with Gasteiger partial charge in [0.1, 0.15) is 5.75 Å². The first-order valence-corrected chi connectivity index (χ1v) is 8.54. The Kier molecular flexibility index (Phi) is 8.11. The number of rotatable bonds is 8. The maximum absolute atomic E-state index is 12.3. The zero-order chi connectivity index (χ0) is 19.0. The van der Waals surface area contributed by atoms with Gasteiger partial charge in [-0.05, 0) is 53.2 Å². The van der Waals surface area contributed by atoms with Crippen LogP contribution < -0.4 is 10.2 Å². The van der Waals surface area contributed by atoms with Gasteiger partial charge in [0.25, 0.3) is 5.91 Å². The topological polar surface area (TPSA) is 71.0 Å². The van der Waals surface area contributed by atoms with E-state index in [-0.39, 0.29) is 36.9 Å². The van der Waals surface area contributed by atoms with Crippen molar-refractivity contribution in [2.45, 2.75) is 60.0 Å². The summed E-state index contributed by atoms with van der Waals surface area (Å²) >= 11 is 0. The third-order valence-corrected chi connectivity index (χ3v) is 3.63. The van der Waals surface area contributed by atoms with Crippen LogP contribution in [0.15, 0.2) is 29.4 Å². The standard InChI is InChI=1S/C19H29N3O3/c1-13(2)22(14(3)4)19(24)11-16(6)20-21-18(23)12-25-17-10-8-7-9-15(17)5/h7-10,13-14H,11-12H2,1-6H3,(H,21,23)/b20-16-. The van der Waals surface area contributed by atoms with Crippen molar-refractivity contribution >= 4 is 17.5 Å². The van der Waals surface area contributed by atoms with Crippen molar-refractivity contribution in [2.75, 3.05) is 6.61 Å². The first-order valence-electron chi connectivity index (χ1n) is 8.54. The molecule has 0 unspecified atom stereocenters. The van der Waals surface area contributed by atoms with Crippen LogP contribution in [0.4, 0.5) is 0 Å². The minimum Gasteiger partial charge on any atom is -0.483 e. The summed E-state index contributed by atoms with van der Waals surface area (Å²) in [6.45, 7) is 11.4. The second kappa shape index (κ2) is 9.81. The van der Waals surface area contributed by atoms with Crippen LogP contribution in [0, 0.1) is 6.92 Å². The molecule has 0 saturated carbocycles. The lowest BCUT2D eigenvalue weighted by Crippen LogP contribution is -2.42. The van der Waals surface area contributed by atoms with Gasteiger partial charge in [-0.3, -0.25) is 9.59 Å². The van der Waals surface area contributed by atoms with Gasteiger partial charge in [0.2, 0.25) is 5.91 Å². The summed E-state index contributed by atoms with van der Waals surface area (Å²) < 4.78 is 5.46. The van der Waals surface area contributed by atoms with Crippen LogP contribution >= 0.6 is 0 Å². The predicted octanol–water partition coefficient (Wildman–Crippen LogP) is 2.90. The lowest BCUT2D eigenvalue weighted by Gasteiger charge is -2.30. The summed E-state index contributed by atoms with van der Waals surface area (Å²) in [7, 11) is 0. The van der Waals surface area contributed by atoms with Crippen molar-refractivity contribution in [2.24, 2.45) is 5.10 Å². The third kappa shape index (κ3) is 6.95. The Bertz CT molecular complexity index is 616. The van der Waals surface area contributed by atoms with Crippen molar-refractivity contribution in [3.05, 3.63) is 29.8 Å². The van der Waals surface area contributed by atoms with E-state index in [4.69, 9.17) is 4.74 Å². The van der Waals surface area contributed by atoms with Gasteiger partial charge in [-0.15, -0.1) is 0 Å². The van der Waals surface area contributed by atoms with Gasteiger partial charge in [0.05, 0.1) is 6.42 Å². The Balaban J connectivity index is 2.50. The fourth-order valence-electron chi connectivity index (χ4n) is 2.57. The van der Waals surface area contributed by atoms with Gasteiger partial charge in [-0.1, -0.05) is 18.2 Å². The van der Waals surface area contributed by atoms with Crippen LogP contribution in [0.1, 0.15) is 46.6 Å². The molecule has 1 rings (SSSR count). The average molecular weight is 347 g/mol. The highest BCUT2D eigenvalue weighted by Crippen LogP contribution is 2.15. The number of hydrazone groups is 1. The summed E-state index contributed by atoms with van der Waals surface area (Å²) in [5, 5.41) is 3.99. The number of ether oxygens (including phenoxy) is 1. The van der Waals surface area contributed by atoms with Crippen LogP contribution in [0.2, 0.25) is 0 Å². The second-order valence-electron chi connectivity index (χ2n) is 6.60. The molecule has 0 fully saturated rings. The average Bonchev–Trinajstić information content (AvgIpc) is 2.51. The molecule has 1 N–H and O–H groups in total. The van der Waals surface area contributed by atoms with Crippen molar-refractivity contribution in [1.29, 1.82) is 0 Å². The van der Waals surface area contributed by atoms with E-state index in [1.54, 1.807) is 6.92 Å². The first-order chi connectivity index (χ1) is 11.7. The number of nitrogens with one attached hydrogen (secondary N) is 1. The highest BCUT2D eigenvalue weighted by atomic mass is 16.5. The number of hydrogen-bond acceptors (Lipinski definition) is 4. The molecular weight excluding hydrogens is 318 g/mol. The summed E-state index contributed by atoms with van der Waals surface area (Å²) in [5.74, 6) is 0.300. The monoisotopic (exact) mass is 347 g/mol. The van der Waals surface area contributed by atoms with E-state index in [0.717, 1.165) is 5.56 Å². The minimum absolute atomic E-state index is 0.00309. The molecule has 0 aromatic heterocycles. The molecule has 0 atom stereocenters. The van der Waals surface area contributed by atoms with Crippen LogP contribution in [-0.2, 0) is 9.59 Å². The van der Waals surface area contributed by atoms with E-state index in [0.29, 0.717) is 11.5 Å². The normalized spacial score (nSPS) is 11.6. The smallest absolute Gasteiger partial charge is 0.277 e. The maximum atomic E-state index is 12.3. The number of para-hydroxylation sites is 1. The number of hydrogen-bond donors (Lipinski definition) is 1. The molecule has 1 aromatic rings. The van der Waals surface area contributed by atoms with E-state index in [9.17, 15) is 9.59 Å². The third-order valence-electron chi connectivity index (χ3n) is 3.63. The Morgan fingerprint density at radius 2 is 1.76 bits per heavy atom. The molecule has 0 aliphatic rings. The molecule has 0 bridgehead atoms. The highest BCUT2D eigenvalue weighted by Gasteiger charge is 2.20. The molecule has 0 saturated heterocycles. The number of benzene rings is 1. The summed E-state index contributed by atoms with van der Waals surface area (Å²) in [6.07, 6.45) is 0.176. The van der Waals surface area contributed by atoms with E-state index >= 15 is 0 Å². The van der Waals surface area contributed by atoms with Gasteiger partial charge in [-0.25, -0.2) is 5.43 Å². The molecule has 6 nitrogen and oxygen atoms in total. The van der Waals surface area contributed by atoms with Crippen LogP contribution in [0.5, 0.6) is 5.75 Å². The molecule has 0 spiro atoms. The van der Waals surface area contributed by atoms with Crippen LogP contribution in [-0.4, -0.2) is 41.1 Å². The largest absolute Gasteiger partial charge is 0.483 e. The Labute approximate surface area is 150 Å². The molecule has 6 heteroatoms. The lowest BCUT2D eigenvalue weighted by atomic mass is 10.2. The number of carbonyl (C=O) groups excluding carboxylic acids is 2. The predicted molar refractivity (Wildman–Crippen MR) is 99.7 cm³/mol. The molecular formula is C19H29N3O3. The van der Waals surface area contributed by atoms with Gasteiger partial charge in [-0.2, -0.15) is 5.10 Å². The van der Waals surface area contributed by atoms with Crippen LogP contribution in [0.3, 0.4) is 0 Å². The molecule has 2 amide bonds. The first kappa shape index (κ1) is 20.7. The second-order valence-corrected chi connectivity index (χ2v) is 6.60. The van der Waals surface area contributed by atoms with Gasteiger partial charge in [0.15, 0.2) is 6.61 Å². The molecule has 25 heavy (non-hydrogen) atoms. The summed E-state index contributed by atoms with van der Waals surface area (Å²) in [6, 6.07) is 7.72. The Hall–Kier alpha value is -2.37. The van der Waals surface area contributed by atoms with Crippen molar-refractivity contribution in [1.82, 2.24) is 10.3 Å². The number of nitrogens with zero attached hydrogens (tertiary/aromatic N) is 2. The SMILES string of the molecule is C/C(CC(=O)N(C(C)C)C(C)C)=N/NC(=O)COc1ccccc1C. The van der Waals surface area contributed by atoms with Crippen molar-refractivity contribution in [3.8, 4) is 5.75 Å². The van der Waals surface area contributed by atoms with Crippen LogP contribution in [0.25, 0.3) is 0 Å². The van der Waals surface area contributed by atoms with Gasteiger partial charge >= 0.3 is 0 Å². The van der Waals surface area contributed by atoms with Crippen molar-refractivity contribution < 1.29 is 14.3 Å². The Morgan fingerprint density at radius 3 is 2.32 bits per heavy atom. The lowest BCUT2D eigenvalue weighted by molar-refractivity contribution is -0.133. The van der Waals surface area contributed by atoms with E-state index in [2.05, 4.69) is 10.5 Å². The number of aryl methyl sites for hydroxylation is 1. The summed E-state index contributed by atoms with van der Waals surface area (Å²) in [4.78, 5) is 26.0.